The van der Waals surface area contributed by atoms with Crippen LogP contribution in [0.5, 0.6) is 0 Å². The number of hydrogen-bond acceptors (Lipinski definition) is 2. The molecule has 2 unspecified atom stereocenters. The number of aldehydes is 1. The van der Waals surface area contributed by atoms with Gasteiger partial charge >= 0.3 is 0 Å². The Morgan fingerprint density at radius 1 is 1.14 bits per heavy atom. The Balaban J connectivity index is 1.96. The average Bonchev–Trinajstić information content (AvgIpc) is 2.98. The minimum absolute atomic E-state index is 0.0201. The van der Waals surface area contributed by atoms with Gasteiger partial charge in [0.1, 0.15) is 6.29 Å². The van der Waals surface area contributed by atoms with Crippen LogP contribution in [0.25, 0.3) is 0 Å². The minimum Gasteiger partial charge on any atom is -0.325 e. The third-order valence-electron chi connectivity index (χ3n) is 4.89. The number of nitrogens with one attached hydrogen (secondary N) is 1. The second kappa shape index (κ2) is 4.29. The molecule has 4 rings (SSSR count). The van der Waals surface area contributed by atoms with E-state index in [9.17, 15) is 9.59 Å². The van der Waals surface area contributed by atoms with Crippen LogP contribution in [0.15, 0.2) is 48.5 Å². The summed E-state index contributed by atoms with van der Waals surface area (Å²) in [6.45, 7) is 0. The fraction of sp³-hybridized carbons (Fsp3) is 0.222. The van der Waals surface area contributed by atoms with Gasteiger partial charge in [-0.15, -0.1) is 0 Å². The number of carbonyl (C=O) groups is 2. The zero-order chi connectivity index (χ0) is 14.4. The van der Waals surface area contributed by atoms with Crippen LogP contribution in [0.2, 0.25) is 0 Å². The zero-order valence-corrected chi connectivity index (χ0v) is 11.5. The van der Waals surface area contributed by atoms with Crippen LogP contribution in [0.1, 0.15) is 29.0 Å². The Bertz CT molecular complexity index is 752. The van der Waals surface area contributed by atoms with Crippen molar-refractivity contribution < 1.29 is 9.59 Å². The van der Waals surface area contributed by atoms with Gasteiger partial charge < -0.3 is 10.1 Å². The summed E-state index contributed by atoms with van der Waals surface area (Å²) in [6.07, 6.45) is 1.98. The molecule has 3 nitrogen and oxygen atoms in total. The van der Waals surface area contributed by atoms with Crippen LogP contribution in [-0.2, 0) is 21.4 Å². The fourth-order valence-electron chi connectivity index (χ4n) is 4.01. The van der Waals surface area contributed by atoms with E-state index in [1.165, 1.54) is 5.56 Å². The van der Waals surface area contributed by atoms with Crippen LogP contribution in [0.3, 0.4) is 0 Å². The van der Waals surface area contributed by atoms with Crippen LogP contribution in [0.4, 0.5) is 5.69 Å². The van der Waals surface area contributed by atoms with Crippen molar-refractivity contribution in [3.63, 3.8) is 0 Å². The maximum absolute atomic E-state index is 12.8. The van der Waals surface area contributed by atoms with Crippen LogP contribution < -0.4 is 5.32 Å². The van der Waals surface area contributed by atoms with Crippen molar-refractivity contribution in [3.8, 4) is 0 Å². The van der Waals surface area contributed by atoms with E-state index in [4.69, 9.17) is 0 Å². The van der Waals surface area contributed by atoms with Crippen molar-refractivity contribution in [1.29, 1.82) is 0 Å². The number of anilines is 1. The van der Waals surface area contributed by atoms with Gasteiger partial charge in [-0.2, -0.15) is 0 Å². The van der Waals surface area contributed by atoms with E-state index < -0.39 is 5.41 Å². The Kier molecular flexibility index (Phi) is 2.52. The maximum atomic E-state index is 12.8. The Morgan fingerprint density at radius 2 is 1.90 bits per heavy atom. The quantitative estimate of drug-likeness (QED) is 0.858. The lowest BCUT2D eigenvalue weighted by molar-refractivity contribution is -0.121. The molecule has 1 aliphatic heterocycles. The molecule has 0 aromatic heterocycles. The Hall–Kier alpha value is -2.42. The number of carbonyl (C=O) groups excluding carboxylic acids is 2. The Morgan fingerprint density at radius 3 is 2.76 bits per heavy atom. The van der Waals surface area contributed by atoms with Gasteiger partial charge in [0.05, 0.1) is 5.41 Å². The lowest BCUT2D eigenvalue weighted by atomic mass is 9.70. The first kappa shape index (κ1) is 12.3. The molecule has 1 spiro atoms. The number of hydrogen-bond donors (Lipinski definition) is 1. The maximum Gasteiger partial charge on any atom is 0.236 e. The predicted molar refractivity (Wildman–Crippen MR) is 80.3 cm³/mol. The van der Waals surface area contributed by atoms with E-state index in [0.717, 1.165) is 23.1 Å². The summed E-state index contributed by atoms with van der Waals surface area (Å²) in [4.78, 5) is 24.0. The molecule has 2 atom stereocenters. The molecule has 2 aromatic carbocycles. The first-order valence-electron chi connectivity index (χ1n) is 7.20. The van der Waals surface area contributed by atoms with Crippen molar-refractivity contribution >= 4 is 17.9 Å². The summed E-state index contributed by atoms with van der Waals surface area (Å²) < 4.78 is 0. The molecule has 104 valence electrons. The molecular weight excluding hydrogens is 262 g/mol. The Labute approximate surface area is 123 Å². The van der Waals surface area contributed by atoms with Gasteiger partial charge in [0.2, 0.25) is 5.91 Å². The lowest BCUT2D eigenvalue weighted by Crippen LogP contribution is -2.38. The fourth-order valence-corrected chi connectivity index (χ4v) is 4.01. The van der Waals surface area contributed by atoms with E-state index in [1.54, 1.807) is 0 Å². The number of benzene rings is 2. The average molecular weight is 277 g/mol. The number of fused-ring (bicyclic) bond motifs is 3. The SMILES string of the molecule is O=CCC1c2ccccc2CC12C(=O)Nc1ccccc12. The molecular formula is C18H15NO2. The summed E-state index contributed by atoms with van der Waals surface area (Å²) in [5.74, 6) is -0.0541. The summed E-state index contributed by atoms with van der Waals surface area (Å²) in [5, 5.41) is 3.00. The van der Waals surface area contributed by atoms with Crippen LogP contribution in [0, 0.1) is 0 Å². The third kappa shape index (κ3) is 1.49. The molecule has 1 heterocycles. The summed E-state index contributed by atoms with van der Waals surface area (Å²) in [5.41, 5.74) is 3.60. The predicted octanol–water partition coefficient (Wildman–Crippen LogP) is 2.81. The first-order valence-corrected chi connectivity index (χ1v) is 7.20. The van der Waals surface area contributed by atoms with Crippen molar-refractivity contribution in [2.24, 2.45) is 0 Å². The van der Waals surface area contributed by atoms with Crippen LogP contribution in [-0.4, -0.2) is 12.2 Å². The highest BCUT2D eigenvalue weighted by molar-refractivity contribution is 6.08. The number of amides is 1. The van der Waals surface area contributed by atoms with Gasteiger partial charge in [-0.1, -0.05) is 42.5 Å². The molecule has 1 aliphatic carbocycles. The van der Waals surface area contributed by atoms with E-state index in [1.807, 2.05) is 42.5 Å². The second-order valence-electron chi connectivity index (χ2n) is 5.80. The van der Waals surface area contributed by atoms with Gasteiger partial charge in [0.25, 0.3) is 0 Å². The normalized spacial score (nSPS) is 25.5. The van der Waals surface area contributed by atoms with Gasteiger partial charge in [0, 0.05) is 18.0 Å². The first-order chi connectivity index (χ1) is 10.3. The second-order valence-corrected chi connectivity index (χ2v) is 5.80. The molecule has 0 fully saturated rings. The molecule has 0 radical (unpaired) electrons. The summed E-state index contributed by atoms with van der Waals surface area (Å²) in [7, 11) is 0. The molecule has 1 amide bonds. The molecule has 0 saturated heterocycles. The molecule has 3 heteroatoms. The molecule has 1 N–H and O–H groups in total. The topological polar surface area (TPSA) is 46.2 Å². The van der Waals surface area contributed by atoms with Crippen molar-refractivity contribution in [3.05, 3.63) is 65.2 Å². The highest BCUT2D eigenvalue weighted by Gasteiger charge is 2.56. The molecule has 0 bridgehead atoms. The van der Waals surface area contributed by atoms with E-state index in [2.05, 4.69) is 11.4 Å². The summed E-state index contributed by atoms with van der Waals surface area (Å²) >= 11 is 0. The number of para-hydroxylation sites is 1. The van der Waals surface area contributed by atoms with E-state index >= 15 is 0 Å². The summed E-state index contributed by atoms with van der Waals surface area (Å²) in [6, 6.07) is 15.9. The molecule has 2 aromatic rings. The number of rotatable bonds is 2. The van der Waals surface area contributed by atoms with E-state index in [-0.39, 0.29) is 11.8 Å². The van der Waals surface area contributed by atoms with E-state index in [0.29, 0.717) is 12.8 Å². The van der Waals surface area contributed by atoms with Gasteiger partial charge in [-0.05, 0) is 29.2 Å². The van der Waals surface area contributed by atoms with Gasteiger partial charge in [0.15, 0.2) is 0 Å². The highest BCUT2D eigenvalue weighted by Crippen LogP contribution is 2.55. The largest absolute Gasteiger partial charge is 0.325 e. The lowest BCUT2D eigenvalue weighted by Gasteiger charge is -2.28. The monoisotopic (exact) mass is 277 g/mol. The van der Waals surface area contributed by atoms with Crippen LogP contribution >= 0.6 is 0 Å². The van der Waals surface area contributed by atoms with Gasteiger partial charge in [-0.25, -0.2) is 0 Å². The van der Waals surface area contributed by atoms with Crippen molar-refractivity contribution in [1.82, 2.24) is 0 Å². The highest BCUT2D eigenvalue weighted by atomic mass is 16.2. The van der Waals surface area contributed by atoms with Crippen molar-refractivity contribution in [2.75, 3.05) is 5.32 Å². The molecule has 2 aliphatic rings. The van der Waals surface area contributed by atoms with Crippen molar-refractivity contribution in [2.45, 2.75) is 24.2 Å². The smallest absolute Gasteiger partial charge is 0.236 e. The standard InChI is InChI=1S/C18H15NO2/c20-10-9-14-13-6-2-1-5-12(13)11-18(14)15-7-3-4-8-16(15)19-17(18)21/h1-8,10,14H,9,11H2,(H,19,21). The molecule has 0 saturated carbocycles. The molecule has 21 heavy (non-hydrogen) atoms. The zero-order valence-electron chi connectivity index (χ0n) is 11.5. The minimum atomic E-state index is -0.624. The third-order valence-corrected chi connectivity index (χ3v) is 4.89. The van der Waals surface area contributed by atoms with Gasteiger partial charge in [-0.3, -0.25) is 4.79 Å².